The Morgan fingerprint density at radius 1 is 1.64 bits per heavy atom. The summed E-state index contributed by atoms with van der Waals surface area (Å²) in [4.78, 5) is 7.53. The highest BCUT2D eigenvalue weighted by Gasteiger charge is 2.15. The Kier molecular flexibility index (Phi) is 1.45. The summed E-state index contributed by atoms with van der Waals surface area (Å²) in [5.41, 5.74) is -0.125. The molecular weight excluding hydrogens is 183 g/mol. The first-order valence-electron chi connectivity index (χ1n) is 6.04. The zero-order valence-corrected chi connectivity index (χ0v) is 7.54. The topological polar surface area (TPSA) is 34.5 Å². The van der Waals surface area contributed by atoms with E-state index in [0.717, 1.165) is 12.3 Å². The van der Waals surface area contributed by atoms with Crippen LogP contribution in [0, 0.1) is 5.82 Å². The van der Waals surface area contributed by atoms with Crippen LogP contribution in [0.2, 0.25) is 0 Å². The second kappa shape index (κ2) is 3.74. The van der Waals surface area contributed by atoms with E-state index in [1.807, 2.05) is 0 Å². The van der Waals surface area contributed by atoms with Crippen LogP contribution in [0.15, 0.2) is 17.3 Å². The van der Waals surface area contributed by atoms with E-state index in [-0.39, 0.29) is 23.7 Å². The van der Waals surface area contributed by atoms with Crippen molar-refractivity contribution >= 4 is 5.71 Å². The molecule has 4 heteroatoms. The minimum atomic E-state index is -2.31. The van der Waals surface area contributed by atoms with Gasteiger partial charge in [-0.1, -0.05) is 0 Å². The quantitative estimate of drug-likeness (QED) is 0.726. The Balaban J connectivity index is 2.54. The van der Waals surface area contributed by atoms with Gasteiger partial charge in [0.05, 0.1) is 18.9 Å². The summed E-state index contributed by atoms with van der Waals surface area (Å²) in [6, 6.07) is 1.05. The summed E-state index contributed by atoms with van der Waals surface area (Å²) in [7, 11) is 1.32. The molecule has 1 aromatic heterocycles. The largest absolute Gasteiger partial charge is 0.481 e. The molecule has 1 aromatic rings. The van der Waals surface area contributed by atoms with Gasteiger partial charge in [0.1, 0.15) is 5.82 Å². The second-order valence-corrected chi connectivity index (χ2v) is 2.68. The lowest BCUT2D eigenvalue weighted by Gasteiger charge is -2.06. The summed E-state index contributed by atoms with van der Waals surface area (Å²) in [6.07, 6.45) is -3.49. The molecule has 0 atom stereocenters. The third-order valence-electron chi connectivity index (χ3n) is 1.79. The van der Waals surface area contributed by atoms with Crippen LogP contribution in [0.25, 0.3) is 0 Å². The lowest BCUT2D eigenvalue weighted by molar-refractivity contribution is 0.395. The standard InChI is InChI=1S/C10H11FN2O/c1-14-10-8(5-7(11)6-13-10)9-3-2-4-12-9/h5-6H,2-4H2,1H3/i2D2,3D2. The van der Waals surface area contributed by atoms with Crippen molar-refractivity contribution in [1.29, 1.82) is 0 Å². The van der Waals surface area contributed by atoms with E-state index in [0.29, 0.717) is 0 Å². The smallest absolute Gasteiger partial charge is 0.222 e. The highest BCUT2D eigenvalue weighted by molar-refractivity contribution is 6.03. The maximum Gasteiger partial charge on any atom is 0.222 e. The summed E-state index contributed by atoms with van der Waals surface area (Å²) in [5, 5.41) is 0. The fourth-order valence-corrected chi connectivity index (χ4v) is 1.19. The number of methoxy groups -OCH3 is 1. The molecule has 0 saturated heterocycles. The van der Waals surface area contributed by atoms with Crippen LogP contribution in [0.3, 0.4) is 0 Å². The van der Waals surface area contributed by atoms with Gasteiger partial charge in [-0.05, 0) is 18.8 Å². The molecule has 14 heavy (non-hydrogen) atoms. The first-order chi connectivity index (χ1) is 8.29. The van der Waals surface area contributed by atoms with Crippen molar-refractivity contribution in [3.63, 3.8) is 0 Å². The van der Waals surface area contributed by atoms with E-state index in [9.17, 15) is 4.39 Å². The monoisotopic (exact) mass is 198 g/mol. The van der Waals surface area contributed by atoms with E-state index in [2.05, 4.69) is 9.98 Å². The highest BCUT2D eigenvalue weighted by Crippen LogP contribution is 2.21. The maximum atomic E-state index is 13.2. The number of hydrogen-bond acceptors (Lipinski definition) is 3. The van der Waals surface area contributed by atoms with Gasteiger partial charge in [0.15, 0.2) is 0 Å². The van der Waals surface area contributed by atoms with Gasteiger partial charge in [0.2, 0.25) is 5.88 Å². The molecule has 0 radical (unpaired) electrons. The van der Waals surface area contributed by atoms with Crippen molar-refractivity contribution in [2.24, 2.45) is 4.99 Å². The Morgan fingerprint density at radius 3 is 3.14 bits per heavy atom. The van der Waals surface area contributed by atoms with Gasteiger partial charge in [-0.2, -0.15) is 0 Å². The van der Waals surface area contributed by atoms with Crippen LogP contribution in [-0.4, -0.2) is 24.4 Å². The number of rotatable bonds is 2. The summed E-state index contributed by atoms with van der Waals surface area (Å²) in [6.45, 7) is -0.311. The molecule has 0 bridgehead atoms. The Bertz CT molecular complexity index is 519. The van der Waals surface area contributed by atoms with Crippen LogP contribution in [0.4, 0.5) is 4.39 Å². The number of aromatic nitrogens is 1. The fourth-order valence-electron chi connectivity index (χ4n) is 1.19. The minimum Gasteiger partial charge on any atom is -0.481 e. The van der Waals surface area contributed by atoms with E-state index >= 15 is 0 Å². The average molecular weight is 198 g/mol. The molecule has 2 heterocycles. The van der Waals surface area contributed by atoms with Gasteiger partial charge >= 0.3 is 0 Å². The van der Waals surface area contributed by atoms with Gasteiger partial charge in [-0.15, -0.1) is 0 Å². The molecule has 1 aliphatic rings. The van der Waals surface area contributed by atoms with Gasteiger partial charge < -0.3 is 4.74 Å². The van der Waals surface area contributed by atoms with Crippen molar-refractivity contribution in [3.8, 4) is 5.88 Å². The normalized spacial score (nSPS) is 26.9. The van der Waals surface area contributed by atoms with Gasteiger partial charge in [-0.3, -0.25) is 4.99 Å². The van der Waals surface area contributed by atoms with Crippen molar-refractivity contribution in [1.82, 2.24) is 4.98 Å². The summed E-state index contributed by atoms with van der Waals surface area (Å²) >= 11 is 0. The van der Waals surface area contributed by atoms with E-state index in [1.165, 1.54) is 7.11 Å². The number of halogens is 1. The first-order valence-corrected chi connectivity index (χ1v) is 4.04. The molecule has 0 amide bonds. The number of pyridine rings is 1. The SMILES string of the molecule is [2H]C1([2H])CN=C(c2cc(F)cnc2OC)C1([2H])[2H]. The van der Waals surface area contributed by atoms with Crippen LogP contribution in [0.5, 0.6) is 5.88 Å². The summed E-state index contributed by atoms with van der Waals surface area (Å²) in [5.74, 6) is -0.631. The molecule has 1 aliphatic heterocycles. The molecule has 0 spiro atoms. The molecule has 0 unspecified atom stereocenters. The molecular formula is C10H11FN2O. The predicted molar refractivity (Wildman–Crippen MR) is 51.4 cm³/mol. The van der Waals surface area contributed by atoms with Crippen molar-refractivity contribution < 1.29 is 14.6 Å². The third kappa shape index (κ3) is 1.60. The fraction of sp³-hybridized carbons (Fsp3) is 0.400. The molecule has 0 saturated carbocycles. The molecule has 74 valence electrons. The lowest BCUT2D eigenvalue weighted by atomic mass is 10.1. The molecule has 0 N–H and O–H groups in total. The number of nitrogens with zero attached hydrogens (tertiary/aromatic N) is 2. The van der Waals surface area contributed by atoms with Crippen molar-refractivity contribution in [3.05, 3.63) is 23.6 Å². The Labute approximate surface area is 87.3 Å². The lowest BCUT2D eigenvalue weighted by Crippen LogP contribution is -2.02. The van der Waals surface area contributed by atoms with E-state index < -0.39 is 18.6 Å². The van der Waals surface area contributed by atoms with Crippen molar-refractivity contribution in [2.45, 2.75) is 12.7 Å². The van der Waals surface area contributed by atoms with Gasteiger partial charge in [0, 0.05) is 17.7 Å². The minimum absolute atomic E-state index is 0.0247. The average Bonchev–Trinajstić information content (AvgIpc) is 2.49. The highest BCUT2D eigenvalue weighted by atomic mass is 19.1. The van der Waals surface area contributed by atoms with Crippen LogP contribution in [0.1, 0.15) is 23.8 Å². The number of hydrogen-bond donors (Lipinski definition) is 0. The zero-order valence-electron chi connectivity index (χ0n) is 11.5. The Hall–Kier alpha value is -1.45. The molecule has 2 rings (SSSR count). The van der Waals surface area contributed by atoms with Crippen LogP contribution >= 0.6 is 0 Å². The van der Waals surface area contributed by atoms with E-state index in [4.69, 9.17) is 10.2 Å². The molecule has 0 aliphatic carbocycles. The van der Waals surface area contributed by atoms with Crippen LogP contribution in [-0.2, 0) is 0 Å². The maximum absolute atomic E-state index is 13.2. The molecule has 0 fully saturated rings. The second-order valence-electron chi connectivity index (χ2n) is 2.68. The molecule has 0 aromatic carbocycles. The Morgan fingerprint density at radius 2 is 2.50 bits per heavy atom. The summed E-state index contributed by atoms with van der Waals surface area (Å²) < 4.78 is 48.8. The van der Waals surface area contributed by atoms with Gasteiger partial charge in [-0.25, -0.2) is 9.37 Å². The van der Waals surface area contributed by atoms with Gasteiger partial charge in [0.25, 0.3) is 0 Å². The number of aliphatic imine (C=N–C) groups is 1. The van der Waals surface area contributed by atoms with Crippen molar-refractivity contribution in [2.75, 3.05) is 13.7 Å². The van der Waals surface area contributed by atoms with E-state index in [1.54, 1.807) is 0 Å². The van der Waals surface area contributed by atoms with Crippen LogP contribution < -0.4 is 4.74 Å². The number of ether oxygens (including phenoxy) is 1. The zero-order chi connectivity index (χ0) is 13.6. The first kappa shape index (κ1) is 5.44. The molecule has 3 nitrogen and oxygen atoms in total. The predicted octanol–water partition coefficient (Wildman–Crippen LogP) is 1.81. The third-order valence-corrected chi connectivity index (χ3v) is 1.79.